The number of benzene rings is 1. The predicted octanol–water partition coefficient (Wildman–Crippen LogP) is 3.07. The molecule has 6 heteroatoms. The Labute approximate surface area is 149 Å². The molecular formula is C17H18IN3O2. The average molecular weight is 423 g/mol. The maximum Gasteiger partial charge on any atom is 0.254 e. The number of ether oxygens (including phenoxy) is 1. The number of aryl methyl sites for hydroxylation is 1. The van der Waals surface area contributed by atoms with E-state index in [4.69, 9.17) is 4.74 Å². The van der Waals surface area contributed by atoms with Gasteiger partial charge in [0, 0.05) is 21.7 Å². The van der Waals surface area contributed by atoms with Crippen LogP contribution >= 0.6 is 22.6 Å². The summed E-state index contributed by atoms with van der Waals surface area (Å²) in [6, 6.07) is 11.4. The Morgan fingerprint density at radius 2 is 2.17 bits per heavy atom. The molecule has 1 aliphatic rings. The molecule has 23 heavy (non-hydrogen) atoms. The molecular weight excluding hydrogens is 405 g/mol. The Morgan fingerprint density at radius 1 is 1.30 bits per heavy atom. The molecule has 1 aliphatic heterocycles. The molecule has 1 unspecified atom stereocenters. The van der Waals surface area contributed by atoms with Gasteiger partial charge in [-0.15, -0.1) is 5.10 Å². The highest BCUT2D eigenvalue weighted by molar-refractivity contribution is 14.1. The van der Waals surface area contributed by atoms with Gasteiger partial charge in [-0.05, 0) is 66.6 Å². The maximum absolute atomic E-state index is 12.6. The van der Waals surface area contributed by atoms with Crippen LogP contribution in [0.15, 0.2) is 36.4 Å². The summed E-state index contributed by atoms with van der Waals surface area (Å²) >= 11 is 2.22. The zero-order valence-corrected chi connectivity index (χ0v) is 15.1. The third-order valence-corrected chi connectivity index (χ3v) is 4.47. The van der Waals surface area contributed by atoms with Crippen molar-refractivity contribution in [3.8, 4) is 5.88 Å². The highest BCUT2D eigenvalue weighted by Gasteiger charge is 2.26. The van der Waals surface area contributed by atoms with Gasteiger partial charge in [-0.1, -0.05) is 6.07 Å². The van der Waals surface area contributed by atoms with Crippen molar-refractivity contribution in [2.75, 3.05) is 13.1 Å². The van der Waals surface area contributed by atoms with E-state index in [1.54, 1.807) is 0 Å². The maximum atomic E-state index is 12.6. The van der Waals surface area contributed by atoms with E-state index in [2.05, 4.69) is 32.8 Å². The SMILES string of the molecule is Cc1ccc(OC2CCCN(C(=O)c3cccc(I)c3)C2)nn1. The third-order valence-electron chi connectivity index (χ3n) is 3.80. The molecule has 0 N–H and O–H groups in total. The molecule has 1 amide bonds. The monoisotopic (exact) mass is 423 g/mol. The van der Waals surface area contributed by atoms with E-state index in [-0.39, 0.29) is 12.0 Å². The molecule has 3 rings (SSSR count). The summed E-state index contributed by atoms with van der Waals surface area (Å²) in [4.78, 5) is 14.5. The Morgan fingerprint density at radius 3 is 2.91 bits per heavy atom. The summed E-state index contributed by atoms with van der Waals surface area (Å²) < 4.78 is 6.94. The number of nitrogens with zero attached hydrogens (tertiary/aromatic N) is 3. The third kappa shape index (κ3) is 4.19. The molecule has 1 aromatic carbocycles. The average Bonchev–Trinajstić information content (AvgIpc) is 2.56. The van der Waals surface area contributed by atoms with E-state index in [1.807, 2.05) is 48.2 Å². The summed E-state index contributed by atoms with van der Waals surface area (Å²) in [5.74, 6) is 0.580. The van der Waals surface area contributed by atoms with Gasteiger partial charge in [0.25, 0.3) is 5.91 Å². The second-order valence-corrected chi connectivity index (χ2v) is 6.90. The first-order valence-corrected chi connectivity index (χ1v) is 8.71. The molecule has 0 saturated carbocycles. The Balaban J connectivity index is 1.66. The Bertz CT molecular complexity index is 690. The molecule has 120 valence electrons. The largest absolute Gasteiger partial charge is 0.471 e. The van der Waals surface area contributed by atoms with Crippen molar-refractivity contribution >= 4 is 28.5 Å². The fourth-order valence-electron chi connectivity index (χ4n) is 2.64. The summed E-state index contributed by atoms with van der Waals surface area (Å²) in [7, 11) is 0. The number of rotatable bonds is 3. The molecule has 1 aromatic heterocycles. The summed E-state index contributed by atoms with van der Waals surface area (Å²) in [6.45, 7) is 3.24. The first-order chi connectivity index (χ1) is 11.1. The van der Waals surface area contributed by atoms with Crippen LogP contribution in [0, 0.1) is 10.5 Å². The molecule has 0 aliphatic carbocycles. The van der Waals surface area contributed by atoms with Gasteiger partial charge in [-0.3, -0.25) is 4.79 Å². The lowest BCUT2D eigenvalue weighted by Gasteiger charge is -2.32. The molecule has 1 fully saturated rings. The highest BCUT2D eigenvalue weighted by Crippen LogP contribution is 2.19. The summed E-state index contributed by atoms with van der Waals surface area (Å²) in [6.07, 6.45) is 1.82. The second-order valence-electron chi connectivity index (χ2n) is 5.66. The van der Waals surface area contributed by atoms with E-state index >= 15 is 0 Å². The number of piperidine rings is 1. The normalized spacial score (nSPS) is 17.8. The van der Waals surface area contributed by atoms with Crippen molar-refractivity contribution in [2.24, 2.45) is 0 Å². The topological polar surface area (TPSA) is 55.3 Å². The van der Waals surface area contributed by atoms with Gasteiger partial charge >= 0.3 is 0 Å². The number of hydrogen-bond donors (Lipinski definition) is 0. The van der Waals surface area contributed by atoms with Crippen LogP contribution in [0.3, 0.4) is 0 Å². The number of amides is 1. The van der Waals surface area contributed by atoms with Crippen LogP contribution in [0.25, 0.3) is 0 Å². The Kier molecular flexibility index (Phi) is 5.09. The molecule has 0 spiro atoms. The van der Waals surface area contributed by atoms with Crippen LogP contribution in [-0.2, 0) is 0 Å². The molecule has 2 heterocycles. The number of carbonyl (C=O) groups excluding carboxylic acids is 1. The standard InChI is InChI=1S/C17H18IN3O2/c1-12-7-8-16(20-19-12)23-15-6-3-9-21(11-15)17(22)13-4-2-5-14(18)10-13/h2,4-5,7-8,10,15H,3,6,9,11H2,1H3. The van der Waals surface area contributed by atoms with Gasteiger partial charge < -0.3 is 9.64 Å². The van der Waals surface area contributed by atoms with Gasteiger partial charge in [-0.2, -0.15) is 5.10 Å². The molecule has 0 radical (unpaired) electrons. The number of hydrogen-bond acceptors (Lipinski definition) is 4. The lowest BCUT2D eigenvalue weighted by atomic mass is 10.1. The molecule has 1 saturated heterocycles. The minimum absolute atomic E-state index is 0.0347. The van der Waals surface area contributed by atoms with Crippen LogP contribution in [0.5, 0.6) is 5.88 Å². The fourth-order valence-corrected chi connectivity index (χ4v) is 3.19. The van der Waals surface area contributed by atoms with Crippen molar-refractivity contribution in [1.29, 1.82) is 0 Å². The van der Waals surface area contributed by atoms with Crippen molar-refractivity contribution in [3.05, 3.63) is 51.2 Å². The fraction of sp³-hybridized carbons (Fsp3) is 0.353. The number of carbonyl (C=O) groups is 1. The van der Waals surface area contributed by atoms with Crippen molar-refractivity contribution < 1.29 is 9.53 Å². The van der Waals surface area contributed by atoms with Crippen LogP contribution in [0.1, 0.15) is 28.9 Å². The first kappa shape index (κ1) is 16.2. The molecule has 5 nitrogen and oxygen atoms in total. The van der Waals surface area contributed by atoms with Crippen LogP contribution in [0.2, 0.25) is 0 Å². The van der Waals surface area contributed by atoms with Gasteiger partial charge in [0.2, 0.25) is 5.88 Å². The zero-order chi connectivity index (χ0) is 16.2. The molecule has 1 atom stereocenters. The van der Waals surface area contributed by atoms with Crippen LogP contribution < -0.4 is 4.74 Å². The van der Waals surface area contributed by atoms with E-state index in [0.29, 0.717) is 12.4 Å². The number of aromatic nitrogens is 2. The minimum atomic E-state index is -0.0347. The van der Waals surface area contributed by atoms with Crippen molar-refractivity contribution in [3.63, 3.8) is 0 Å². The zero-order valence-electron chi connectivity index (χ0n) is 12.9. The van der Waals surface area contributed by atoms with Gasteiger partial charge in [0.05, 0.1) is 12.2 Å². The summed E-state index contributed by atoms with van der Waals surface area (Å²) in [5.41, 5.74) is 1.59. The van der Waals surface area contributed by atoms with Crippen LogP contribution in [0.4, 0.5) is 0 Å². The number of halogens is 1. The molecule has 0 bridgehead atoms. The van der Waals surface area contributed by atoms with E-state index in [1.165, 1.54) is 0 Å². The first-order valence-electron chi connectivity index (χ1n) is 7.63. The predicted molar refractivity (Wildman–Crippen MR) is 95.5 cm³/mol. The highest BCUT2D eigenvalue weighted by atomic mass is 127. The van der Waals surface area contributed by atoms with Crippen molar-refractivity contribution in [1.82, 2.24) is 15.1 Å². The minimum Gasteiger partial charge on any atom is -0.471 e. The van der Waals surface area contributed by atoms with Gasteiger partial charge in [0.15, 0.2) is 0 Å². The quantitative estimate of drug-likeness (QED) is 0.713. The van der Waals surface area contributed by atoms with Gasteiger partial charge in [-0.25, -0.2) is 0 Å². The van der Waals surface area contributed by atoms with E-state index < -0.39 is 0 Å². The van der Waals surface area contributed by atoms with E-state index in [0.717, 1.165) is 34.2 Å². The Hall–Kier alpha value is -1.70. The van der Waals surface area contributed by atoms with Crippen LogP contribution in [-0.4, -0.2) is 40.2 Å². The van der Waals surface area contributed by atoms with Gasteiger partial charge in [0.1, 0.15) is 6.10 Å². The second kappa shape index (κ2) is 7.25. The lowest BCUT2D eigenvalue weighted by Crippen LogP contribution is -2.44. The lowest BCUT2D eigenvalue weighted by molar-refractivity contribution is 0.0525. The number of likely N-dealkylation sites (tertiary alicyclic amines) is 1. The molecule has 2 aromatic rings. The smallest absolute Gasteiger partial charge is 0.254 e. The van der Waals surface area contributed by atoms with E-state index in [9.17, 15) is 4.79 Å². The van der Waals surface area contributed by atoms with Crippen molar-refractivity contribution in [2.45, 2.75) is 25.9 Å². The summed E-state index contributed by atoms with van der Waals surface area (Å²) in [5, 5.41) is 8.04.